The largest absolute Gasteiger partial charge is 0.330 e. The highest BCUT2D eigenvalue weighted by Crippen LogP contribution is 1.76. The molecule has 4 N–H and O–H groups in total. The van der Waals surface area contributed by atoms with Gasteiger partial charge in [0.2, 0.25) is 0 Å². The first kappa shape index (κ1) is 10.3. The molecule has 0 atom stereocenters. The van der Waals surface area contributed by atoms with E-state index in [1.807, 2.05) is 0 Å². The van der Waals surface area contributed by atoms with E-state index in [4.69, 9.17) is 11.5 Å². The van der Waals surface area contributed by atoms with Crippen LogP contribution in [0.25, 0.3) is 0 Å². The smallest absolute Gasteiger partial charge is 0.0892 e. The molecule has 64 valence electrons. The molecular weight excluding hydrogens is 140 g/mol. The van der Waals surface area contributed by atoms with Crippen LogP contribution in [-0.4, -0.2) is 32.2 Å². The zero-order valence-electron chi connectivity index (χ0n) is 6.79. The summed E-state index contributed by atoms with van der Waals surface area (Å²) in [6, 6.07) is 2.59. The van der Waals surface area contributed by atoms with E-state index in [1.54, 1.807) is 0 Å². The Hall–Kier alpha value is -0.700. The lowest BCUT2D eigenvalue weighted by atomic mass is 10.4. The molecular formula is C7H16N4. The van der Waals surface area contributed by atoms with Crippen LogP contribution in [0, 0.1) is 0 Å². The van der Waals surface area contributed by atoms with E-state index in [1.165, 1.54) is 0 Å². The molecule has 0 spiro atoms. The van der Waals surface area contributed by atoms with Crippen LogP contribution in [0.3, 0.4) is 0 Å². The zero-order chi connectivity index (χ0) is 8.36. The molecule has 0 heterocycles. The Bertz CT molecular complexity index is 114. The van der Waals surface area contributed by atoms with Crippen molar-refractivity contribution in [1.29, 1.82) is 0 Å². The lowest BCUT2D eigenvalue weighted by Crippen LogP contribution is -2.00. The molecule has 4 nitrogen and oxygen atoms in total. The summed E-state index contributed by atoms with van der Waals surface area (Å²) in [7, 11) is 0. The fourth-order valence-electron chi connectivity index (χ4n) is 0.491. The van der Waals surface area contributed by atoms with Crippen LogP contribution in [0.5, 0.6) is 0 Å². The standard InChI is InChI=1S/C7H16N4/c8-3-1-5-10-7-11-6-2-4-9/h1-6,8-9H2. The summed E-state index contributed by atoms with van der Waals surface area (Å²) >= 11 is 0. The second kappa shape index (κ2) is 9.30. The maximum absolute atomic E-state index is 5.26. The van der Waals surface area contributed by atoms with Crippen LogP contribution in [0.1, 0.15) is 12.8 Å². The Morgan fingerprint density at radius 3 is 1.73 bits per heavy atom. The molecule has 0 aromatic heterocycles. The summed E-state index contributed by atoms with van der Waals surface area (Å²) in [5.41, 5.74) is 10.5. The van der Waals surface area contributed by atoms with Crippen LogP contribution in [-0.2, 0) is 0 Å². The van der Waals surface area contributed by atoms with Gasteiger partial charge < -0.3 is 11.5 Å². The van der Waals surface area contributed by atoms with Crippen molar-refractivity contribution >= 4 is 6.01 Å². The third-order valence-electron chi connectivity index (χ3n) is 1.09. The minimum atomic E-state index is 0.675. The van der Waals surface area contributed by atoms with Gasteiger partial charge in [0.15, 0.2) is 0 Å². The molecule has 0 rings (SSSR count). The average Bonchev–Trinajstić information content (AvgIpc) is 2.03. The van der Waals surface area contributed by atoms with E-state index in [9.17, 15) is 0 Å². The summed E-state index contributed by atoms with van der Waals surface area (Å²) in [6.07, 6.45) is 1.80. The number of hydrogen-bond donors (Lipinski definition) is 2. The van der Waals surface area contributed by atoms with E-state index in [2.05, 4.69) is 16.0 Å². The summed E-state index contributed by atoms with van der Waals surface area (Å²) in [5.74, 6) is 0. The van der Waals surface area contributed by atoms with E-state index < -0.39 is 0 Å². The van der Waals surface area contributed by atoms with Gasteiger partial charge in [-0.15, -0.1) is 0 Å². The van der Waals surface area contributed by atoms with Gasteiger partial charge in [0.05, 0.1) is 19.1 Å². The SMILES string of the molecule is NCCCN=C=NCCCN. The predicted molar refractivity (Wildman–Crippen MR) is 46.9 cm³/mol. The van der Waals surface area contributed by atoms with Crippen molar-refractivity contribution in [1.82, 2.24) is 0 Å². The van der Waals surface area contributed by atoms with Gasteiger partial charge in [-0.1, -0.05) is 0 Å². The summed E-state index contributed by atoms with van der Waals surface area (Å²) in [5, 5.41) is 0. The maximum Gasteiger partial charge on any atom is 0.0892 e. The predicted octanol–water partition coefficient (Wildman–Crippen LogP) is -0.142. The van der Waals surface area contributed by atoms with Crippen LogP contribution < -0.4 is 11.5 Å². The topological polar surface area (TPSA) is 76.8 Å². The second-order valence-electron chi connectivity index (χ2n) is 2.15. The molecule has 0 aliphatic carbocycles. The van der Waals surface area contributed by atoms with Crippen LogP contribution in [0.15, 0.2) is 9.98 Å². The Morgan fingerprint density at radius 2 is 1.36 bits per heavy atom. The molecule has 0 unspecified atom stereocenters. The van der Waals surface area contributed by atoms with E-state index in [-0.39, 0.29) is 0 Å². The first-order valence-electron chi connectivity index (χ1n) is 3.90. The highest BCUT2D eigenvalue weighted by atomic mass is 14.8. The van der Waals surface area contributed by atoms with Gasteiger partial charge >= 0.3 is 0 Å². The lowest BCUT2D eigenvalue weighted by molar-refractivity contribution is 0.835. The van der Waals surface area contributed by atoms with Crippen LogP contribution in [0.4, 0.5) is 0 Å². The normalized spacial score (nSPS) is 8.91. The van der Waals surface area contributed by atoms with Gasteiger partial charge in [0.1, 0.15) is 0 Å². The third kappa shape index (κ3) is 9.30. The number of nitrogens with zero attached hydrogens (tertiary/aromatic N) is 2. The van der Waals surface area contributed by atoms with Gasteiger partial charge in [-0.05, 0) is 25.9 Å². The van der Waals surface area contributed by atoms with Gasteiger partial charge in [0.25, 0.3) is 0 Å². The number of aliphatic imine (C=N–C) groups is 2. The second-order valence-corrected chi connectivity index (χ2v) is 2.15. The molecule has 4 heteroatoms. The Morgan fingerprint density at radius 1 is 0.909 bits per heavy atom. The van der Waals surface area contributed by atoms with Crippen molar-refractivity contribution < 1.29 is 0 Å². The lowest BCUT2D eigenvalue weighted by Gasteiger charge is -1.85. The molecule has 0 aromatic carbocycles. The molecule has 0 fully saturated rings. The van der Waals surface area contributed by atoms with Crippen LogP contribution >= 0.6 is 0 Å². The van der Waals surface area contributed by atoms with Crippen molar-refractivity contribution in [2.75, 3.05) is 26.2 Å². The summed E-state index contributed by atoms with van der Waals surface area (Å²) < 4.78 is 0. The highest BCUT2D eigenvalue weighted by Gasteiger charge is 1.77. The molecule has 0 saturated heterocycles. The average molecular weight is 156 g/mol. The number of hydrogen-bond acceptors (Lipinski definition) is 4. The molecule has 0 aliphatic heterocycles. The molecule has 0 aliphatic rings. The minimum Gasteiger partial charge on any atom is -0.330 e. The molecule has 0 amide bonds. The fourth-order valence-corrected chi connectivity index (χ4v) is 0.491. The maximum atomic E-state index is 5.26. The molecule has 0 radical (unpaired) electrons. The first-order chi connectivity index (χ1) is 5.41. The quantitative estimate of drug-likeness (QED) is 0.414. The van der Waals surface area contributed by atoms with Crippen LogP contribution in [0.2, 0.25) is 0 Å². The third-order valence-corrected chi connectivity index (χ3v) is 1.09. The van der Waals surface area contributed by atoms with E-state index in [0.717, 1.165) is 25.9 Å². The first-order valence-corrected chi connectivity index (χ1v) is 3.90. The van der Waals surface area contributed by atoms with Crippen molar-refractivity contribution in [3.63, 3.8) is 0 Å². The van der Waals surface area contributed by atoms with E-state index in [0.29, 0.717) is 13.1 Å². The van der Waals surface area contributed by atoms with Gasteiger partial charge in [-0.25, -0.2) is 9.98 Å². The van der Waals surface area contributed by atoms with Gasteiger partial charge in [0, 0.05) is 0 Å². The molecule has 0 bridgehead atoms. The summed E-state index contributed by atoms with van der Waals surface area (Å²) in [4.78, 5) is 7.79. The fraction of sp³-hybridized carbons (Fsp3) is 0.857. The minimum absolute atomic E-state index is 0.675. The van der Waals surface area contributed by atoms with Crippen molar-refractivity contribution in [2.24, 2.45) is 21.5 Å². The summed E-state index contributed by atoms with van der Waals surface area (Å²) in [6.45, 7) is 2.80. The zero-order valence-corrected chi connectivity index (χ0v) is 6.79. The number of nitrogens with two attached hydrogens (primary N) is 2. The Labute approximate surface area is 67.4 Å². The van der Waals surface area contributed by atoms with Gasteiger partial charge in [-0.3, -0.25) is 0 Å². The van der Waals surface area contributed by atoms with E-state index >= 15 is 0 Å². The van der Waals surface area contributed by atoms with Crippen molar-refractivity contribution in [3.05, 3.63) is 0 Å². The van der Waals surface area contributed by atoms with Crippen molar-refractivity contribution in [3.8, 4) is 0 Å². The monoisotopic (exact) mass is 156 g/mol. The molecule has 0 aromatic rings. The number of rotatable bonds is 6. The Kier molecular flexibility index (Phi) is 8.71. The highest BCUT2D eigenvalue weighted by molar-refractivity contribution is 5.40. The Balaban J connectivity index is 3.17. The van der Waals surface area contributed by atoms with Gasteiger partial charge in [-0.2, -0.15) is 0 Å². The molecule has 0 saturated carbocycles. The van der Waals surface area contributed by atoms with Crippen molar-refractivity contribution in [2.45, 2.75) is 12.8 Å². The molecule has 11 heavy (non-hydrogen) atoms.